The van der Waals surface area contributed by atoms with Gasteiger partial charge in [-0.1, -0.05) is 40.0 Å². The van der Waals surface area contributed by atoms with Crippen LogP contribution in [0, 0.1) is 17.3 Å². The minimum Gasteiger partial charge on any atom is -0.464 e. The molecule has 2 atom stereocenters. The number of rotatable bonds is 7. The maximum Gasteiger partial charge on any atom is 0.309 e. The molecule has 136 valence electrons. The van der Waals surface area contributed by atoms with E-state index < -0.39 is 0 Å². The molecule has 4 heteroatoms. The summed E-state index contributed by atoms with van der Waals surface area (Å²) in [4.78, 5) is 14.9. The van der Waals surface area contributed by atoms with Crippen LogP contribution in [0.5, 0.6) is 0 Å². The molecule has 0 radical (unpaired) electrons. The fourth-order valence-corrected chi connectivity index (χ4v) is 4.59. The lowest BCUT2D eigenvalue weighted by Gasteiger charge is -2.24. The lowest BCUT2D eigenvalue weighted by Crippen LogP contribution is -2.33. The Hall–Kier alpha value is -0.280. The molecular weight excluding hydrogens is 310 g/mol. The van der Waals surface area contributed by atoms with E-state index in [2.05, 4.69) is 32.6 Å². The zero-order valence-corrected chi connectivity index (χ0v) is 16.3. The lowest BCUT2D eigenvalue weighted by molar-refractivity contribution is -0.151. The summed E-state index contributed by atoms with van der Waals surface area (Å²) in [5.74, 6) is 0.803. The summed E-state index contributed by atoms with van der Waals surface area (Å²) >= 11 is 0. The van der Waals surface area contributed by atoms with Gasteiger partial charge in [-0.15, -0.1) is 12.4 Å². The van der Waals surface area contributed by atoms with E-state index in [1.54, 1.807) is 0 Å². The van der Waals surface area contributed by atoms with E-state index >= 15 is 0 Å². The van der Waals surface area contributed by atoms with E-state index in [4.69, 9.17) is 4.74 Å². The molecule has 0 aromatic rings. The molecule has 0 spiro atoms. The molecular formula is C19H36ClNO2. The van der Waals surface area contributed by atoms with Crippen molar-refractivity contribution in [2.45, 2.75) is 78.7 Å². The van der Waals surface area contributed by atoms with Gasteiger partial charge in [-0.05, 0) is 43.9 Å². The third-order valence-electron chi connectivity index (χ3n) is 5.60. The number of carbonyl (C=O) groups excluding carboxylic acids is 1. The Morgan fingerprint density at radius 2 is 1.96 bits per heavy atom. The van der Waals surface area contributed by atoms with Gasteiger partial charge in [0, 0.05) is 19.1 Å². The molecule has 0 N–H and O–H groups in total. The molecule has 3 nitrogen and oxygen atoms in total. The van der Waals surface area contributed by atoms with Gasteiger partial charge in [0.15, 0.2) is 0 Å². The molecule has 0 amide bonds. The number of hydrogen-bond acceptors (Lipinski definition) is 3. The average Bonchev–Trinajstić information content (AvgIpc) is 3.04. The Bertz CT molecular complexity index is 366. The van der Waals surface area contributed by atoms with Crippen LogP contribution in [-0.4, -0.2) is 36.6 Å². The van der Waals surface area contributed by atoms with Gasteiger partial charge in [0.2, 0.25) is 0 Å². The predicted octanol–water partition coefficient (Wildman–Crippen LogP) is 4.68. The van der Waals surface area contributed by atoms with Gasteiger partial charge in [-0.2, -0.15) is 0 Å². The minimum absolute atomic E-state index is 0. The van der Waals surface area contributed by atoms with E-state index in [0.29, 0.717) is 24.0 Å². The molecule has 23 heavy (non-hydrogen) atoms. The minimum atomic E-state index is 0. The number of carbonyl (C=O) groups is 1. The molecule has 1 aliphatic heterocycles. The van der Waals surface area contributed by atoms with Crippen molar-refractivity contribution < 1.29 is 9.53 Å². The monoisotopic (exact) mass is 345 g/mol. The van der Waals surface area contributed by atoms with Crippen LogP contribution in [0.3, 0.4) is 0 Å². The topological polar surface area (TPSA) is 29.5 Å². The first-order valence-electron chi connectivity index (χ1n) is 9.33. The summed E-state index contributed by atoms with van der Waals surface area (Å²) in [6, 6.07) is 0.606. The standard InChI is InChI=1S/C19H35NO2.ClH/c1-5-8-17(16-9-6-7-10-16)18(21)22-12-11-20-14-19(3,4)13-15(20)2;/h15-17H,5-14H2,1-4H3;1H. The summed E-state index contributed by atoms with van der Waals surface area (Å²) in [6.45, 7) is 11.7. The predicted molar refractivity (Wildman–Crippen MR) is 98.0 cm³/mol. The highest BCUT2D eigenvalue weighted by molar-refractivity contribution is 5.85. The summed E-state index contributed by atoms with van der Waals surface area (Å²) in [7, 11) is 0. The zero-order valence-electron chi connectivity index (χ0n) is 15.5. The van der Waals surface area contributed by atoms with Gasteiger partial charge >= 0.3 is 5.97 Å². The highest BCUT2D eigenvalue weighted by Gasteiger charge is 2.35. The van der Waals surface area contributed by atoms with Crippen LogP contribution in [-0.2, 0) is 9.53 Å². The third kappa shape index (κ3) is 5.94. The normalized spacial score (nSPS) is 26.0. The van der Waals surface area contributed by atoms with Crippen molar-refractivity contribution >= 4 is 18.4 Å². The Labute approximate surface area is 148 Å². The van der Waals surface area contributed by atoms with Gasteiger partial charge < -0.3 is 4.74 Å². The summed E-state index contributed by atoms with van der Waals surface area (Å²) in [5.41, 5.74) is 0.401. The molecule has 0 aromatic carbocycles. The second kappa shape index (κ2) is 9.27. The zero-order chi connectivity index (χ0) is 16.2. The smallest absolute Gasteiger partial charge is 0.309 e. The first kappa shape index (κ1) is 20.8. The number of halogens is 1. The van der Waals surface area contributed by atoms with Crippen molar-refractivity contribution in [1.82, 2.24) is 4.90 Å². The summed E-state index contributed by atoms with van der Waals surface area (Å²) < 4.78 is 5.67. The van der Waals surface area contributed by atoms with Crippen molar-refractivity contribution in [3.8, 4) is 0 Å². The Balaban J connectivity index is 0.00000264. The second-order valence-electron chi connectivity index (χ2n) is 8.30. The molecule has 1 saturated heterocycles. The van der Waals surface area contributed by atoms with Gasteiger partial charge in [0.05, 0.1) is 5.92 Å². The van der Waals surface area contributed by atoms with Gasteiger partial charge in [-0.25, -0.2) is 0 Å². The molecule has 1 heterocycles. The fourth-order valence-electron chi connectivity index (χ4n) is 4.59. The third-order valence-corrected chi connectivity index (χ3v) is 5.60. The lowest BCUT2D eigenvalue weighted by atomic mass is 9.87. The Kier molecular flexibility index (Phi) is 8.37. The molecule has 2 rings (SSSR count). The van der Waals surface area contributed by atoms with Crippen LogP contribution in [0.15, 0.2) is 0 Å². The van der Waals surface area contributed by atoms with Gasteiger partial charge in [0.25, 0.3) is 0 Å². The summed E-state index contributed by atoms with van der Waals surface area (Å²) in [5, 5.41) is 0. The molecule has 2 aliphatic rings. The maximum atomic E-state index is 12.5. The quantitative estimate of drug-likeness (QED) is 0.627. The van der Waals surface area contributed by atoms with Gasteiger partial charge in [0.1, 0.15) is 6.61 Å². The highest BCUT2D eigenvalue weighted by atomic mass is 35.5. The van der Waals surface area contributed by atoms with E-state index in [9.17, 15) is 4.79 Å². The Morgan fingerprint density at radius 1 is 1.30 bits per heavy atom. The van der Waals surface area contributed by atoms with Gasteiger partial charge in [-0.3, -0.25) is 9.69 Å². The SMILES string of the molecule is CCCC(C(=O)OCCN1CC(C)(C)CC1C)C1CCCC1.Cl. The molecule has 1 saturated carbocycles. The molecule has 1 aliphatic carbocycles. The van der Waals surface area contributed by atoms with Crippen molar-refractivity contribution in [3.05, 3.63) is 0 Å². The van der Waals surface area contributed by atoms with E-state index in [1.807, 2.05) is 0 Å². The van der Waals surface area contributed by atoms with Crippen LogP contribution in [0.25, 0.3) is 0 Å². The van der Waals surface area contributed by atoms with Crippen molar-refractivity contribution in [2.24, 2.45) is 17.3 Å². The van der Waals surface area contributed by atoms with E-state index in [1.165, 1.54) is 32.1 Å². The van der Waals surface area contributed by atoms with Crippen molar-refractivity contribution in [3.63, 3.8) is 0 Å². The fraction of sp³-hybridized carbons (Fsp3) is 0.947. The van der Waals surface area contributed by atoms with Crippen LogP contribution in [0.1, 0.15) is 72.6 Å². The molecule has 2 unspecified atom stereocenters. The van der Waals surface area contributed by atoms with Crippen molar-refractivity contribution in [2.75, 3.05) is 19.7 Å². The highest BCUT2D eigenvalue weighted by Crippen LogP contribution is 2.35. The summed E-state index contributed by atoms with van der Waals surface area (Å²) in [6.07, 6.45) is 8.33. The number of hydrogen-bond donors (Lipinski definition) is 0. The number of esters is 1. The van der Waals surface area contributed by atoms with Crippen LogP contribution in [0.2, 0.25) is 0 Å². The number of nitrogens with zero attached hydrogens (tertiary/aromatic N) is 1. The van der Waals surface area contributed by atoms with Crippen LogP contribution in [0.4, 0.5) is 0 Å². The number of likely N-dealkylation sites (tertiary alicyclic amines) is 1. The maximum absolute atomic E-state index is 12.5. The second-order valence-corrected chi connectivity index (χ2v) is 8.30. The average molecular weight is 346 g/mol. The molecule has 0 bridgehead atoms. The van der Waals surface area contributed by atoms with Crippen molar-refractivity contribution in [1.29, 1.82) is 0 Å². The first-order chi connectivity index (χ1) is 10.4. The van der Waals surface area contributed by atoms with Crippen LogP contribution < -0.4 is 0 Å². The Morgan fingerprint density at radius 3 is 2.48 bits per heavy atom. The molecule has 0 aromatic heterocycles. The number of ether oxygens (including phenoxy) is 1. The van der Waals surface area contributed by atoms with E-state index in [0.717, 1.165) is 25.9 Å². The van der Waals surface area contributed by atoms with Crippen LogP contribution >= 0.6 is 12.4 Å². The largest absolute Gasteiger partial charge is 0.464 e. The van der Waals surface area contributed by atoms with E-state index in [-0.39, 0.29) is 24.3 Å². The first-order valence-corrected chi connectivity index (χ1v) is 9.33. The molecule has 2 fully saturated rings.